The van der Waals surface area contributed by atoms with Gasteiger partial charge < -0.3 is 39.1 Å². The van der Waals surface area contributed by atoms with Crippen molar-refractivity contribution in [3.63, 3.8) is 0 Å². The minimum absolute atomic E-state index is 0.00631. The minimum atomic E-state index is -1.15. The second-order valence-electron chi connectivity index (χ2n) is 11.4. The van der Waals surface area contributed by atoms with Crippen molar-refractivity contribution >= 4 is 11.0 Å². The van der Waals surface area contributed by atoms with Crippen LogP contribution in [0.1, 0.15) is 29.5 Å². The molecule has 4 aliphatic rings. The summed E-state index contributed by atoms with van der Waals surface area (Å²) in [6.45, 7) is 1.76. The normalized spacial score (nSPS) is 20.5. The highest BCUT2D eigenvalue weighted by atomic mass is 16.5. The lowest BCUT2D eigenvalue weighted by Gasteiger charge is -2.49. The van der Waals surface area contributed by atoms with Crippen LogP contribution in [0.3, 0.4) is 0 Å². The van der Waals surface area contributed by atoms with Gasteiger partial charge in [-0.05, 0) is 61.0 Å². The van der Waals surface area contributed by atoms with Crippen LogP contribution in [0.4, 0.5) is 0 Å². The highest BCUT2D eigenvalue weighted by Crippen LogP contribution is 2.56. The predicted octanol–water partition coefficient (Wildman–Crippen LogP) is 5.85. The van der Waals surface area contributed by atoms with Crippen LogP contribution >= 0.6 is 0 Å². The van der Waals surface area contributed by atoms with E-state index in [1.54, 1.807) is 37.3 Å². The van der Waals surface area contributed by atoms with E-state index >= 15 is 0 Å². The number of aromatic hydroxyl groups is 4. The second kappa shape index (κ2) is 8.56. The Morgan fingerprint density at radius 1 is 0.814 bits per heavy atom. The van der Waals surface area contributed by atoms with Gasteiger partial charge >= 0.3 is 0 Å². The van der Waals surface area contributed by atoms with Crippen molar-refractivity contribution in [3.05, 3.63) is 99.7 Å². The van der Waals surface area contributed by atoms with Crippen molar-refractivity contribution in [1.29, 1.82) is 0 Å². The molecule has 0 radical (unpaired) electrons. The van der Waals surface area contributed by atoms with E-state index in [-0.39, 0.29) is 51.9 Å². The summed E-state index contributed by atoms with van der Waals surface area (Å²) in [7, 11) is 0. The van der Waals surface area contributed by atoms with Crippen LogP contribution in [0, 0.1) is 0 Å². The summed E-state index contributed by atoms with van der Waals surface area (Å²) >= 11 is 0. The maximum atomic E-state index is 13.9. The molecular weight excluding hydrogens is 552 g/mol. The van der Waals surface area contributed by atoms with Gasteiger partial charge in [0.05, 0.1) is 11.1 Å². The third-order valence-electron chi connectivity index (χ3n) is 8.62. The fourth-order valence-electron chi connectivity index (χ4n) is 6.64. The number of rotatable bonds is 2. The smallest absolute Gasteiger partial charge is 0.190 e. The van der Waals surface area contributed by atoms with Gasteiger partial charge in [0.25, 0.3) is 0 Å². The molecule has 9 nitrogen and oxygen atoms in total. The molecule has 214 valence electrons. The Labute approximate surface area is 243 Å². The van der Waals surface area contributed by atoms with E-state index in [0.717, 1.165) is 5.39 Å². The van der Waals surface area contributed by atoms with Gasteiger partial charge in [-0.1, -0.05) is 6.07 Å². The zero-order chi connectivity index (χ0) is 29.8. The standard InChI is InChI=1S/C34H24O9/c1-34-14-22-29-24(39)8-16(25-9-15-2-3-18(36)12-26(15)41-25)10-28(29)42-32(20-6-4-17(35)11-23(20)38)30(22)31(33(34)40)21-7-5-19(37)13-27(21)43-34/h2-13,31,33,35-38,40H,14H2,1H3. The van der Waals surface area contributed by atoms with Crippen molar-refractivity contribution in [2.75, 3.05) is 0 Å². The van der Waals surface area contributed by atoms with E-state index in [1.165, 1.54) is 42.5 Å². The first-order valence-electron chi connectivity index (χ1n) is 13.7. The van der Waals surface area contributed by atoms with Crippen LogP contribution in [-0.4, -0.2) is 37.2 Å². The van der Waals surface area contributed by atoms with Gasteiger partial charge in [0, 0.05) is 52.6 Å². The second-order valence-corrected chi connectivity index (χ2v) is 11.4. The molecule has 0 saturated heterocycles. The van der Waals surface area contributed by atoms with E-state index in [4.69, 9.17) is 13.6 Å². The first-order chi connectivity index (χ1) is 20.6. The molecule has 1 aromatic heterocycles. The Bertz CT molecular complexity index is 2160. The Morgan fingerprint density at radius 3 is 2.37 bits per heavy atom. The number of ether oxygens (including phenoxy) is 1. The van der Waals surface area contributed by atoms with Crippen molar-refractivity contribution in [2.45, 2.75) is 31.0 Å². The molecule has 0 amide bonds. The van der Waals surface area contributed by atoms with Crippen LogP contribution in [0.25, 0.3) is 44.9 Å². The molecule has 2 aliphatic heterocycles. The summed E-state index contributed by atoms with van der Waals surface area (Å²) in [4.78, 5) is 13.9. The summed E-state index contributed by atoms with van der Waals surface area (Å²) in [5.74, 6) is 0.197. The SMILES string of the molecule is CC12Cc3c(c(-c4ccc(O)cc4O)oc4cc(-c5cc6ccc(O)cc6o5)cc(=O)c3-4)C(c3ccc(O)cc3O1)C2O. The van der Waals surface area contributed by atoms with Crippen LogP contribution in [0.2, 0.25) is 0 Å². The summed E-state index contributed by atoms with van der Waals surface area (Å²) in [6, 6.07) is 18.5. The lowest BCUT2D eigenvalue weighted by molar-refractivity contribution is -0.0705. The zero-order valence-corrected chi connectivity index (χ0v) is 22.7. The summed E-state index contributed by atoms with van der Waals surface area (Å²) < 4.78 is 18.7. The highest BCUT2D eigenvalue weighted by molar-refractivity contribution is 5.86. The molecule has 8 rings (SSSR count). The summed E-state index contributed by atoms with van der Waals surface area (Å²) in [5, 5.41) is 53.4. The first kappa shape index (κ1) is 25.3. The van der Waals surface area contributed by atoms with Crippen molar-refractivity contribution in [3.8, 4) is 62.7 Å². The Kier molecular flexibility index (Phi) is 5.04. The quantitative estimate of drug-likeness (QED) is 0.171. The number of benzene rings is 4. The van der Waals surface area contributed by atoms with E-state index in [1.807, 2.05) is 0 Å². The lowest BCUT2D eigenvalue weighted by atomic mass is 9.66. The van der Waals surface area contributed by atoms with E-state index in [2.05, 4.69) is 0 Å². The molecular formula is C34H24O9. The molecule has 0 spiro atoms. The van der Waals surface area contributed by atoms with Crippen LogP contribution in [0.15, 0.2) is 86.4 Å². The van der Waals surface area contributed by atoms with Gasteiger partial charge in [-0.2, -0.15) is 0 Å². The molecule has 3 unspecified atom stereocenters. The molecule has 0 fully saturated rings. The summed E-state index contributed by atoms with van der Waals surface area (Å²) in [6.07, 6.45) is -0.921. The monoisotopic (exact) mass is 576 g/mol. The molecule has 0 saturated carbocycles. The molecule has 3 atom stereocenters. The largest absolute Gasteiger partial charge is 0.508 e. The van der Waals surface area contributed by atoms with Gasteiger partial charge in [-0.25, -0.2) is 0 Å². The average molecular weight is 577 g/mol. The number of phenolic OH excluding ortho intramolecular Hbond substituents is 4. The number of phenols is 4. The van der Waals surface area contributed by atoms with Crippen LogP contribution in [-0.2, 0) is 6.42 Å². The molecule has 5 N–H and O–H groups in total. The third kappa shape index (κ3) is 3.65. The van der Waals surface area contributed by atoms with Crippen LogP contribution in [0.5, 0.6) is 28.7 Å². The van der Waals surface area contributed by atoms with Gasteiger partial charge in [0.15, 0.2) is 5.43 Å². The number of hydrogen-bond donors (Lipinski definition) is 5. The van der Waals surface area contributed by atoms with E-state index < -0.39 is 17.6 Å². The molecule has 4 aromatic rings. The fraction of sp³-hybridized carbons (Fsp3) is 0.147. The van der Waals surface area contributed by atoms with Gasteiger partial charge in [0.1, 0.15) is 63.3 Å². The number of aliphatic hydroxyl groups is 1. The third-order valence-corrected chi connectivity index (χ3v) is 8.62. The minimum Gasteiger partial charge on any atom is -0.508 e. The number of hydrogen-bond acceptors (Lipinski definition) is 9. The van der Waals surface area contributed by atoms with Gasteiger partial charge in [-0.15, -0.1) is 0 Å². The number of aliphatic hydroxyl groups excluding tert-OH is 1. The average Bonchev–Trinajstić information content (AvgIpc) is 3.36. The maximum Gasteiger partial charge on any atom is 0.190 e. The predicted molar refractivity (Wildman–Crippen MR) is 156 cm³/mol. The van der Waals surface area contributed by atoms with Crippen molar-refractivity contribution < 1.29 is 39.1 Å². The maximum absolute atomic E-state index is 13.9. The number of furan rings is 1. The Balaban J connectivity index is 1.45. The topological polar surface area (TPSA) is 154 Å². The van der Waals surface area contributed by atoms with Crippen molar-refractivity contribution in [1.82, 2.24) is 0 Å². The van der Waals surface area contributed by atoms with Gasteiger partial charge in [-0.3, -0.25) is 4.79 Å². The van der Waals surface area contributed by atoms with E-state index in [0.29, 0.717) is 44.9 Å². The molecule has 2 aliphatic carbocycles. The fourth-order valence-corrected chi connectivity index (χ4v) is 6.64. The van der Waals surface area contributed by atoms with Crippen LogP contribution < -0.4 is 10.2 Å². The molecule has 3 aromatic carbocycles. The first-order valence-corrected chi connectivity index (χ1v) is 13.7. The molecule has 9 heteroatoms. The highest BCUT2D eigenvalue weighted by Gasteiger charge is 2.53. The van der Waals surface area contributed by atoms with E-state index in [9.17, 15) is 30.3 Å². The zero-order valence-electron chi connectivity index (χ0n) is 22.7. The molecule has 2 bridgehead atoms. The summed E-state index contributed by atoms with van der Waals surface area (Å²) in [5.41, 5.74) is 1.71. The number of fused-ring (bicyclic) bond motifs is 9. The van der Waals surface area contributed by atoms with Gasteiger partial charge in [0.2, 0.25) is 0 Å². The Morgan fingerprint density at radius 2 is 1.56 bits per heavy atom. The Hall–Kier alpha value is -5.41. The molecule has 3 heterocycles. The van der Waals surface area contributed by atoms with Crippen molar-refractivity contribution in [2.24, 2.45) is 0 Å². The lowest BCUT2D eigenvalue weighted by Crippen LogP contribution is -2.56. The molecule has 43 heavy (non-hydrogen) atoms.